The summed E-state index contributed by atoms with van der Waals surface area (Å²) in [6.07, 6.45) is 2.59. The van der Waals surface area contributed by atoms with E-state index in [1.165, 1.54) is 0 Å². The molecule has 0 aromatic carbocycles. The van der Waals surface area contributed by atoms with Crippen molar-refractivity contribution in [2.45, 2.75) is 37.1 Å². The molecule has 0 unspecified atom stereocenters. The van der Waals surface area contributed by atoms with E-state index in [4.69, 9.17) is 23.2 Å². The molecule has 1 N–H and O–H groups in total. The molecule has 1 saturated carbocycles. The zero-order valence-electron chi connectivity index (χ0n) is 11.4. The summed E-state index contributed by atoms with van der Waals surface area (Å²) in [6, 6.07) is 3.69. The summed E-state index contributed by atoms with van der Waals surface area (Å²) in [7, 11) is -3.19. The number of rotatable bonds is 5. The maximum atomic E-state index is 12.2. The van der Waals surface area contributed by atoms with Gasteiger partial charge in [-0.1, -0.05) is 23.2 Å². The van der Waals surface area contributed by atoms with E-state index < -0.39 is 10.0 Å². The zero-order chi connectivity index (χ0) is 15.0. The molecule has 3 rings (SSSR count). The number of aromatic nitrogens is 1. The predicted octanol–water partition coefficient (Wildman–Crippen LogP) is 2.04. The molecule has 0 spiro atoms. The van der Waals surface area contributed by atoms with Crippen LogP contribution in [0.2, 0.25) is 10.3 Å². The molecule has 5 nitrogen and oxygen atoms in total. The molecule has 2 aliphatic rings. The Labute approximate surface area is 134 Å². The topological polar surface area (TPSA) is 62.3 Å². The number of sulfonamides is 1. The third kappa shape index (κ3) is 4.07. The smallest absolute Gasteiger partial charge is 0.216 e. The summed E-state index contributed by atoms with van der Waals surface area (Å²) in [5.41, 5.74) is 0.952. The van der Waals surface area contributed by atoms with Gasteiger partial charge in [-0.2, -0.15) is 0 Å². The van der Waals surface area contributed by atoms with Crippen molar-refractivity contribution >= 4 is 33.2 Å². The SMILES string of the molecule is O=S(=O)(NC1CC1)[C@@H]1CCN(Cc2cc(Cl)nc(Cl)c2)C1. The van der Waals surface area contributed by atoms with E-state index in [0.717, 1.165) is 24.9 Å². The van der Waals surface area contributed by atoms with E-state index in [-0.39, 0.29) is 11.3 Å². The standard InChI is InChI=1S/C13H17Cl2N3O2S/c14-12-5-9(6-13(15)16-12)7-18-4-3-11(8-18)21(19,20)17-10-1-2-10/h5-6,10-11,17H,1-4,7-8H2/t11-/m1/s1. The number of hydrogen-bond acceptors (Lipinski definition) is 4. The maximum Gasteiger partial charge on any atom is 0.216 e. The second-order valence-corrected chi connectivity index (χ2v) is 8.47. The van der Waals surface area contributed by atoms with Crippen LogP contribution in [0.3, 0.4) is 0 Å². The Morgan fingerprint density at radius 3 is 2.52 bits per heavy atom. The van der Waals surface area contributed by atoms with Crippen LogP contribution in [0.25, 0.3) is 0 Å². The summed E-state index contributed by atoms with van der Waals surface area (Å²) in [6.45, 7) is 1.94. The summed E-state index contributed by atoms with van der Waals surface area (Å²) < 4.78 is 27.2. The van der Waals surface area contributed by atoms with Crippen molar-refractivity contribution in [2.24, 2.45) is 0 Å². The summed E-state index contributed by atoms with van der Waals surface area (Å²) in [5.74, 6) is 0. The first-order valence-corrected chi connectivity index (χ1v) is 9.28. The Morgan fingerprint density at radius 1 is 1.24 bits per heavy atom. The van der Waals surface area contributed by atoms with Crippen LogP contribution in [0, 0.1) is 0 Å². The van der Waals surface area contributed by atoms with Crippen molar-refractivity contribution in [3.8, 4) is 0 Å². The average molecular weight is 350 g/mol. The van der Waals surface area contributed by atoms with Gasteiger partial charge in [0.05, 0.1) is 5.25 Å². The van der Waals surface area contributed by atoms with Crippen molar-refractivity contribution in [2.75, 3.05) is 13.1 Å². The molecule has 0 radical (unpaired) electrons. The van der Waals surface area contributed by atoms with Crippen LogP contribution in [-0.2, 0) is 16.6 Å². The lowest BCUT2D eigenvalue weighted by Gasteiger charge is -2.16. The Bertz CT molecular complexity index is 614. The van der Waals surface area contributed by atoms with Crippen LogP contribution in [-0.4, -0.2) is 42.7 Å². The largest absolute Gasteiger partial charge is 0.298 e. The molecule has 1 aromatic heterocycles. The Kier molecular flexibility index (Phi) is 4.43. The van der Waals surface area contributed by atoms with Crippen LogP contribution in [0.15, 0.2) is 12.1 Å². The normalized spacial score (nSPS) is 23.6. The molecule has 1 saturated heterocycles. The number of likely N-dealkylation sites (tertiary alicyclic amines) is 1. The minimum absolute atomic E-state index is 0.168. The first-order chi connectivity index (χ1) is 9.92. The highest BCUT2D eigenvalue weighted by Crippen LogP contribution is 2.25. The second-order valence-electron chi connectivity index (χ2n) is 5.70. The van der Waals surface area contributed by atoms with Crippen molar-refractivity contribution in [3.05, 3.63) is 28.0 Å². The van der Waals surface area contributed by atoms with Gasteiger partial charge in [-0.3, -0.25) is 4.90 Å². The Balaban J connectivity index is 1.61. The van der Waals surface area contributed by atoms with E-state index in [2.05, 4.69) is 14.6 Å². The van der Waals surface area contributed by atoms with Gasteiger partial charge in [-0.25, -0.2) is 18.1 Å². The van der Waals surface area contributed by atoms with E-state index in [1.54, 1.807) is 12.1 Å². The second kappa shape index (κ2) is 6.01. The number of nitrogens with zero attached hydrogens (tertiary/aromatic N) is 2. The first kappa shape index (κ1) is 15.5. The van der Waals surface area contributed by atoms with Crippen LogP contribution < -0.4 is 4.72 Å². The highest BCUT2D eigenvalue weighted by molar-refractivity contribution is 7.90. The van der Waals surface area contributed by atoms with E-state index in [0.29, 0.717) is 29.8 Å². The van der Waals surface area contributed by atoms with Crippen LogP contribution >= 0.6 is 23.2 Å². The predicted molar refractivity (Wildman–Crippen MR) is 83.0 cm³/mol. The quantitative estimate of drug-likeness (QED) is 0.826. The number of halogens is 2. The molecule has 1 aliphatic carbocycles. The lowest BCUT2D eigenvalue weighted by Crippen LogP contribution is -2.37. The van der Waals surface area contributed by atoms with Crippen molar-refractivity contribution in [1.29, 1.82) is 0 Å². The monoisotopic (exact) mass is 349 g/mol. The summed E-state index contributed by atoms with van der Waals surface area (Å²) >= 11 is 11.8. The lowest BCUT2D eigenvalue weighted by atomic mass is 10.2. The maximum absolute atomic E-state index is 12.2. The molecule has 116 valence electrons. The number of nitrogens with one attached hydrogen (secondary N) is 1. The van der Waals surface area contributed by atoms with Crippen molar-refractivity contribution in [1.82, 2.24) is 14.6 Å². The molecule has 0 amide bonds. The Morgan fingerprint density at radius 2 is 1.90 bits per heavy atom. The summed E-state index contributed by atoms with van der Waals surface area (Å²) in [5, 5.41) is 0.387. The minimum atomic E-state index is -3.19. The van der Waals surface area contributed by atoms with Crippen LogP contribution in [0.5, 0.6) is 0 Å². The van der Waals surface area contributed by atoms with Gasteiger partial charge in [0, 0.05) is 19.1 Å². The fourth-order valence-corrected chi connectivity index (χ4v) is 4.81. The van der Waals surface area contributed by atoms with Gasteiger partial charge in [0.2, 0.25) is 10.0 Å². The number of pyridine rings is 1. The Hall–Kier alpha value is -0.400. The highest BCUT2D eigenvalue weighted by atomic mass is 35.5. The van der Waals surface area contributed by atoms with Gasteiger partial charge >= 0.3 is 0 Å². The molecule has 21 heavy (non-hydrogen) atoms. The summed E-state index contributed by atoms with van der Waals surface area (Å²) in [4.78, 5) is 6.02. The van der Waals surface area contributed by atoms with Gasteiger partial charge in [0.1, 0.15) is 10.3 Å². The van der Waals surface area contributed by atoms with Gasteiger partial charge in [-0.15, -0.1) is 0 Å². The molecule has 1 aromatic rings. The van der Waals surface area contributed by atoms with Crippen LogP contribution in [0.4, 0.5) is 0 Å². The molecular formula is C13H17Cl2N3O2S. The third-order valence-electron chi connectivity index (χ3n) is 3.81. The van der Waals surface area contributed by atoms with E-state index in [9.17, 15) is 8.42 Å². The lowest BCUT2D eigenvalue weighted by molar-refractivity contribution is 0.331. The molecule has 1 aliphatic heterocycles. The molecule has 2 fully saturated rings. The van der Waals surface area contributed by atoms with Gasteiger partial charge < -0.3 is 0 Å². The van der Waals surface area contributed by atoms with Gasteiger partial charge in [-0.05, 0) is 43.5 Å². The molecular weight excluding hydrogens is 333 g/mol. The molecule has 0 bridgehead atoms. The zero-order valence-corrected chi connectivity index (χ0v) is 13.8. The first-order valence-electron chi connectivity index (χ1n) is 6.98. The van der Waals surface area contributed by atoms with Crippen LogP contribution in [0.1, 0.15) is 24.8 Å². The molecule has 1 atom stereocenters. The van der Waals surface area contributed by atoms with E-state index in [1.807, 2.05) is 0 Å². The van der Waals surface area contributed by atoms with Gasteiger partial charge in [0.25, 0.3) is 0 Å². The molecule has 2 heterocycles. The fraction of sp³-hybridized carbons (Fsp3) is 0.615. The third-order valence-corrected chi connectivity index (χ3v) is 6.12. The minimum Gasteiger partial charge on any atom is -0.298 e. The molecule has 8 heteroatoms. The van der Waals surface area contributed by atoms with E-state index >= 15 is 0 Å². The van der Waals surface area contributed by atoms with Gasteiger partial charge in [0.15, 0.2) is 0 Å². The fourth-order valence-electron chi connectivity index (χ4n) is 2.59. The van der Waals surface area contributed by atoms with Crippen molar-refractivity contribution in [3.63, 3.8) is 0 Å². The van der Waals surface area contributed by atoms with Crippen molar-refractivity contribution < 1.29 is 8.42 Å². The number of hydrogen-bond donors (Lipinski definition) is 1. The average Bonchev–Trinajstić information content (AvgIpc) is 3.02. The highest BCUT2D eigenvalue weighted by Gasteiger charge is 2.36.